The third-order valence-corrected chi connectivity index (χ3v) is 2.83. The summed E-state index contributed by atoms with van der Waals surface area (Å²) in [5.74, 6) is 0. The molecule has 3 heteroatoms. The number of benzene rings is 1. The Kier molecular flexibility index (Phi) is 2.69. The number of rotatable bonds is 2. The average molecular weight is 215 g/mol. The largest absolute Gasteiger partial charge is 0.385 e. The van der Waals surface area contributed by atoms with Crippen LogP contribution in [0.15, 0.2) is 18.2 Å². The van der Waals surface area contributed by atoms with Gasteiger partial charge in [-0.25, -0.2) is 0 Å². The van der Waals surface area contributed by atoms with Gasteiger partial charge in [-0.2, -0.15) is 5.10 Å². The van der Waals surface area contributed by atoms with Crippen molar-refractivity contribution >= 4 is 5.69 Å². The molecular formula is C13H17N3. The van der Waals surface area contributed by atoms with Crippen LogP contribution in [-0.2, 0) is 0 Å². The molecule has 84 valence electrons. The van der Waals surface area contributed by atoms with E-state index in [-0.39, 0.29) is 0 Å². The predicted molar refractivity (Wildman–Crippen MR) is 67.8 cm³/mol. The van der Waals surface area contributed by atoms with E-state index in [2.05, 4.69) is 47.6 Å². The lowest BCUT2D eigenvalue weighted by atomic mass is 10.0. The number of nitrogens with zero attached hydrogens (tertiary/aromatic N) is 1. The molecule has 0 aliphatic heterocycles. The number of aromatic amines is 1. The molecule has 2 N–H and O–H groups in total. The standard InChI is InChI=1S/C13H17N3/c1-8-5-6-11(9(2)7-8)13-12(14-4)10(3)15-16-13/h5-7,14H,1-4H3,(H,15,16). The van der Waals surface area contributed by atoms with E-state index in [0.29, 0.717) is 0 Å². The molecule has 2 aromatic rings. The number of aromatic nitrogens is 2. The Hall–Kier alpha value is -1.77. The van der Waals surface area contributed by atoms with Crippen molar-refractivity contribution in [2.75, 3.05) is 12.4 Å². The molecule has 0 amide bonds. The minimum absolute atomic E-state index is 0.998. The van der Waals surface area contributed by atoms with Gasteiger partial charge in [0.15, 0.2) is 0 Å². The van der Waals surface area contributed by atoms with Crippen LogP contribution in [0.3, 0.4) is 0 Å². The zero-order valence-electron chi connectivity index (χ0n) is 10.2. The Morgan fingerprint density at radius 2 is 1.94 bits per heavy atom. The first-order valence-corrected chi connectivity index (χ1v) is 5.44. The number of H-pyrrole nitrogens is 1. The van der Waals surface area contributed by atoms with Gasteiger partial charge in [0.25, 0.3) is 0 Å². The zero-order valence-corrected chi connectivity index (χ0v) is 10.2. The van der Waals surface area contributed by atoms with Crippen molar-refractivity contribution in [3.63, 3.8) is 0 Å². The summed E-state index contributed by atoms with van der Waals surface area (Å²) in [7, 11) is 1.92. The number of hydrogen-bond donors (Lipinski definition) is 2. The summed E-state index contributed by atoms with van der Waals surface area (Å²) >= 11 is 0. The topological polar surface area (TPSA) is 40.7 Å². The Morgan fingerprint density at radius 1 is 1.19 bits per heavy atom. The van der Waals surface area contributed by atoms with E-state index in [4.69, 9.17) is 0 Å². The maximum Gasteiger partial charge on any atom is 0.116 e. The van der Waals surface area contributed by atoms with Gasteiger partial charge in [-0.15, -0.1) is 0 Å². The van der Waals surface area contributed by atoms with Crippen molar-refractivity contribution in [1.82, 2.24) is 10.2 Å². The molecule has 0 radical (unpaired) electrons. The summed E-state index contributed by atoms with van der Waals surface area (Å²) in [6.45, 7) is 6.24. The smallest absolute Gasteiger partial charge is 0.116 e. The summed E-state index contributed by atoms with van der Waals surface area (Å²) in [4.78, 5) is 0. The summed E-state index contributed by atoms with van der Waals surface area (Å²) in [5.41, 5.74) is 6.85. The Labute approximate surface area is 95.9 Å². The van der Waals surface area contributed by atoms with Crippen molar-refractivity contribution < 1.29 is 0 Å². The van der Waals surface area contributed by atoms with E-state index in [0.717, 1.165) is 17.1 Å². The number of anilines is 1. The molecule has 0 aliphatic carbocycles. The minimum atomic E-state index is 0.998. The predicted octanol–water partition coefficient (Wildman–Crippen LogP) is 3.04. The normalized spacial score (nSPS) is 10.5. The van der Waals surface area contributed by atoms with Crippen LogP contribution in [0.25, 0.3) is 11.3 Å². The Bertz CT molecular complexity index is 512. The molecule has 0 atom stereocenters. The fourth-order valence-corrected chi connectivity index (χ4v) is 2.01. The maximum absolute atomic E-state index is 4.36. The van der Waals surface area contributed by atoms with E-state index in [1.54, 1.807) is 0 Å². The lowest BCUT2D eigenvalue weighted by molar-refractivity contribution is 1.05. The third kappa shape index (κ3) is 1.69. The van der Waals surface area contributed by atoms with Crippen molar-refractivity contribution in [1.29, 1.82) is 0 Å². The van der Waals surface area contributed by atoms with Crippen molar-refractivity contribution in [3.05, 3.63) is 35.0 Å². The van der Waals surface area contributed by atoms with E-state index in [1.807, 2.05) is 14.0 Å². The third-order valence-electron chi connectivity index (χ3n) is 2.83. The molecule has 0 bridgehead atoms. The fourth-order valence-electron chi connectivity index (χ4n) is 2.01. The van der Waals surface area contributed by atoms with Gasteiger partial charge in [0, 0.05) is 12.6 Å². The highest BCUT2D eigenvalue weighted by Gasteiger charge is 2.12. The number of aryl methyl sites for hydroxylation is 3. The monoisotopic (exact) mass is 215 g/mol. The van der Waals surface area contributed by atoms with Gasteiger partial charge < -0.3 is 5.32 Å². The van der Waals surface area contributed by atoms with Crippen LogP contribution >= 0.6 is 0 Å². The van der Waals surface area contributed by atoms with Crippen LogP contribution in [0.1, 0.15) is 16.8 Å². The summed E-state index contributed by atoms with van der Waals surface area (Å²) < 4.78 is 0. The summed E-state index contributed by atoms with van der Waals surface area (Å²) in [6, 6.07) is 6.42. The second-order valence-electron chi connectivity index (χ2n) is 4.14. The summed E-state index contributed by atoms with van der Waals surface area (Å²) in [6.07, 6.45) is 0. The number of hydrogen-bond acceptors (Lipinski definition) is 2. The first-order valence-electron chi connectivity index (χ1n) is 5.44. The Balaban J connectivity index is 2.58. The minimum Gasteiger partial charge on any atom is -0.385 e. The first-order chi connectivity index (χ1) is 7.63. The highest BCUT2D eigenvalue weighted by molar-refractivity contribution is 5.78. The van der Waals surface area contributed by atoms with E-state index >= 15 is 0 Å². The van der Waals surface area contributed by atoms with Gasteiger partial charge in [0.2, 0.25) is 0 Å². The van der Waals surface area contributed by atoms with Gasteiger partial charge in [-0.05, 0) is 26.3 Å². The van der Waals surface area contributed by atoms with Gasteiger partial charge in [0.1, 0.15) is 5.69 Å². The molecule has 0 fully saturated rings. The molecule has 1 aromatic carbocycles. The molecular weight excluding hydrogens is 198 g/mol. The van der Waals surface area contributed by atoms with Crippen LogP contribution in [-0.4, -0.2) is 17.2 Å². The van der Waals surface area contributed by atoms with Crippen molar-refractivity contribution in [3.8, 4) is 11.3 Å². The first kappa shape index (κ1) is 10.7. The number of nitrogens with one attached hydrogen (secondary N) is 2. The van der Waals surface area contributed by atoms with Crippen LogP contribution in [0.5, 0.6) is 0 Å². The molecule has 0 saturated heterocycles. The molecule has 0 aliphatic rings. The SMILES string of the molecule is CNc1c(-c2ccc(C)cc2C)n[nH]c1C. The van der Waals surface area contributed by atoms with Gasteiger partial charge in [0.05, 0.1) is 11.4 Å². The van der Waals surface area contributed by atoms with Crippen LogP contribution in [0, 0.1) is 20.8 Å². The van der Waals surface area contributed by atoms with Gasteiger partial charge in [-0.1, -0.05) is 23.8 Å². The highest BCUT2D eigenvalue weighted by Crippen LogP contribution is 2.30. The van der Waals surface area contributed by atoms with Gasteiger partial charge in [-0.3, -0.25) is 5.10 Å². The zero-order chi connectivity index (χ0) is 11.7. The van der Waals surface area contributed by atoms with E-state index < -0.39 is 0 Å². The lowest BCUT2D eigenvalue weighted by Crippen LogP contribution is -1.93. The maximum atomic E-state index is 4.36. The van der Waals surface area contributed by atoms with Crippen LogP contribution < -0.4 is 5.32 Å². The average Bonchev–Trinajstić information content (AvgIpc) is 2.59. The molecule has 3 nitrogen and oxygen atoms in total. The van der Waals surface area contributed by atoms with E-state index in [9.17, 15) is 0 Å². The van der Waals surface area contributed by atoms with Crippen LogP contribution in [0.2, 0.25) is 0 Å². The lowest BCUT2D eigenvalue weighted by Gasteiger charge is -2.07. The molecule has 2 rings (SSSR count). The van der Waals surface area contributed by atoms with Crippen LogP contribution in [0.4, 0.5) is 5.69 Å². The van der Waals surface area contributed by atoms with Crippen molar-refractivity contribution in [2.24, 2.45) is 0 Å². The molecule has 1 heterocycles. The molecule has 0 saturated carbocycles. The highest BCUT2D eigenvalue weighted by atomic mass is 15.1. The quantitative estimate of drug-likeness (QED) is 0.808. The molecule has 1 aromatic heterocycles. The Morgan fingerprint density at radius 3 is 2.56 bits per heavy atom. The summed E-state index contributed by atoms with van der Waals surface area (Å²) in [5, 5.41) is 10.6. The fraction of sp³-hybridized carbons (Fsp3) is 0.308. The van der Waals surface area contributed by atoms with E-state index in [1.165, 1.54) is 16.7 Å². The van der Waals surface area contributed by atoms with Gasteiger partial charge >= 0.3 is 0 Å². The molecule has 0 spiro atoms. The van der Waals surface area contributed by atoms with Crippen molar-refractivity contribution in [2.45, 2.75) is 20.8 Å². The molecule has 0 unspecified atom stereocenters. The second-order valence-corrected chi connectivity index (χ2v) is 4.14. The molecule has 16 heavy (non-hydrogen) atoms. The second kappa shape index (κ2) is 4.00.